The third-order valence-corrected chi connectivity index (χ3v) is 2.96. The summed E-state index contributed by atoms with van der Waals surface area (Å²) in [5.74, 6) is -7.23. The zero-order valence-corrected chi connectivity index (χ0v) is 12.4. The summed E-state index contributed by atoms with van der Waals surface area (Å²) >= 11 is 0. The smallest absolute Gasteiger partial charge is 0.225 e. The fourth-order valence-corrected chi connectivity index (χ4v) is 2.09. The molecule has 0 bridgehead atoms. The van der Waals surface area contributed by atoms with Crippen LogP contribution in [-0.2, 0) is 4.74 Å². The first-order chi connectivity index (χ1) is 10.8. The molecular formula is C14H17F4NO4. The Balaban J connectivity index is 0.00000127. The number of rotatable bonds is 3. The average Bonchev–Trinajstić information content (AvgIpc) is 2.46. The highest BCUT2D eigenvalue weighted by Crippen LogP contribution is 2.25. The Morgan fingerprint density at radius 1 is 1.22 bits per heavy atom. The van der Waals surface area contributed by atoms with Crippen LogP contribution in [-0.4, -0.2) is 46.8 Å². The molecule has 0 aliphatic carbocycles. The van der Waals surface area contributed by atoms with E-state index in [1.54, 1.807) is 0 Å². The van der Waals surface area contributed by atoms with Crippen LogP contribution in [0.5, 0.6) is 0 Å². The maximum Gasteiger partial charge on any atom is 0.225 e. The van der Waals surface area contributed by atoms with E-state index >= 15 is 0 Å². The van der Waals surface area contributed by atoms with Crippen molar-refractivity contribution in [1.29, 1.82) is 0 Å². The molecule has 1 aromatic carbocycles. The fraction of sp³-hybridized carbons (Fsp3) is 0.500. The van der Waals surface area contributed by atoms with Crippen LogP contribution >= 0.6 is 0 Å². The molecule has 23 heavy (non-hydrogen) atoms. The second-order valence-corrected chi connectivity index (χ2v) is 4.82. The molecule has 3 N–H and O–H groups in total. The standard InChI is InChI=1S/C13H13F4NO3.CH4O/c1-5(19)2-6-3-9(20)21-13(18-6)10-11(16)7(14)4-8(15)12(10)17;1-2/h4-6,9,19-20H,2-3H2,1H3;2H,1H3. The lowest BCUT2D eigenvalue weighted by molar-refractivity contribution is -0.0492. The van der Waals surface area contributed by atoms with Crippen molar-refractivity contribution < 1.29 is 37.6 Å². The van der Waals surface area contributed by atoms with Crippen LogP contribution in [0.15, 0.2) is 11.1 Å². The number of ether oxygens (including phenoxy) is 1. The predicted octanol–water partition coefficient (Wildman–Crippen LogP) is 1.48. The van der Waals surface area contributed by atoms with Gasteiger partial charge in [-0.25, -0.2) is 22.6 Å². The van der Waals surface area contributed by atoms with Gasteiger partial charge >= 0.3 is 0 Å². The Kier molecular flexibility index (Phi) is 6.92. The van der Waals surface area contributed by atoms with Gasteiger partial charge in [-0.2, -0.15) is 0 Å². The molecule has 0 saturated heterocycles. The minimum atomic E-state index is -1.66. The predicted molar refractivity (Wildman–Crippen MR) is 72.7 cm³/mol. The largest absolute Gasteiger partial charge is 0.448 e. The topological polar surface area (TPSA) is 82.3 Å². The van der Waals surface area contributed by atoms with Crippen molar-refractivity contribution >= 4 is 5.90 Å². The van der Waals surface area contributed by atoms with Crippen molar-refractivity contribution in [2.45, 2.75) is 38.2 Å². The summed E-state index contributed by atoms with van der Waals surface area (Å²) in [5, 5.41) is 25.8. The molecule has 0 spiro atoms. The van der Waals surface area contributed by atoms with Crippen LogP contribution < -0.4 is 0 Å². The van der Waals surface area contributed by atoms with Crippen molar-refractivity contribution in [3.63, 3.8) is 0 Å². The molecule has 0 amide bonds. The molecule has 3 atom stereocenters. The second kappa shape index (κ2) is 8.23. The van der Waals surface area contributed by atoms with Crippen molar-refractivity contribution in [2.24, 2.45) is 4.99 Å². The third kappa shape index (κ3) is 4.63. The number of hydrogen-bond acceptors (Lipinski definition) is 5. The first kappa shape index (κ1) is 19.3. The lowest BCUT2D eigenvalue weighted by Crippen LogP contribution is -2.32. The summed E-state index contributed by atoms with van der Waals surface area (Å²) in [4.78, 5) is 3.81. The molecule has 3 unspecified atom stereocenters. The van der Waals surface area contributed by atoms with Gasteiger partial charge in [-0.15, -0.1) is 0 Å². The van der Waals surface area contributed by atoms with Gasteiger partial charge in [0.25, 0.3) is 0 Å². The number of nitrogens with zero attached hydrogens (tertiary/aromatic N) is 1. The summed E-state index contributed by atoms with van der Waals surface area (Å²) in [5.41, 5.74) is -1.11. The van der Waals surface area contributed by atoms with Gasteiger partial charge in [0, 0.05) is 19.6 Å². The van der Waals surface area contributed by atoms with Crippen LogP contribution in [0, 0.1) is 23.3 Å². The molecule has 0 saturated carbocycles. The van der Waals surface area contributed by atoms with Crippen LogP contribution in [0.3, 0.4) is 0 Å². The molecule has 130 valence electrons. The third-order valence-electron chi connectivity index (χ3n) is 2.96. The average molecular weight is 339 g/mol. The minimum Gasteiger partial charge on any atom is -0.448 e. The molecule has 0 fully saturated rings. The highest BCUT2D eigenvalue weighted by atomic mass is 19.2. The number of hydrogen-bond donors (Lipinski definition) is 3. The van der Waals surface area contributed by atoms with Gasteiger partial charge in [0.05, 0.1) is 12.1 Å². The van der Waals surface area contributed by atoms with Crippen LogP contribution in [0.2, 0.25) is 0 Å². The number of halogens is 4. The van der Waals surface area contributed by atoms with Crippen molar-refractivity contribution in [1.82, 2.24) is 0 Å². The minimum absolute atomic E-state index is 0.00453. The molecule has 1 aliphatic heterocycles. The van der Waals surface area contributed by atoms with E-state index in [1.165, 1.54) is 6.92 Å². The van der Waals surface area contributed by atoms with Gasteiger partial charge in [-0.3, -0.25) is 0 Å². The van der Waals surface area contributed by atoms with E-state index in [4.69, 9.17) is 9.84 Å². The first-order valence-electron chi connectivity index (χ1n) is 6.68. The van der Waals surface area contributed by atoms with Crippen molar-refractivity contribution in [2.75, 3.05) is 7.11 Å². The van der Waals surface area contributed by atoms with Crippen LogP contribution in [0.1, 0.15) is 25.3 Å². The highest BCUT2D eigenvalue weighted by Gasteiger charge is 2.31. The Morgan fingerprint density at radius 3 is 2.22 bits per heavy atom. The summed E-state index contributed by atoms with van der Waals surface area (Å²) in [6.45, 7) is 1.47. The van der Waals surface area contributed by atoms with Gasteiger partial charge in [0.1, 0.15) is 5.56 Å². The Morgan fingerprint density at radius 2 is 1.74 bits per heavy atom. The summed E-state index contributed by atoms with van der Waals surface area (Å²) in [7, 11) is 1.00. The lowest BCUT2D eigenvalue weighted by Gasteiger charge is -2.26. The van der Waals surface area contributed by atoms with E-state index in [1.807, 2.05) is 0 Å². The number of benzene rings is 1. The SMILES string of the molecule is CC(O)CC1CC(O)OC(c2c(F)c(F)cc(F)c2F)=N1.CO. The zero-order valence-electron chi connectivity index (χ0n) is 12.4. The number of aliphatic hydroxyl groups is 3. The van der Waals surface area contributed by atoms with E-state index in [0.717, 1.165) is 7.11 Å². The quantitative estimate of drug-likeness (QED) is 0.575. The van der Waals surface area contributed by atoms with Gasteiger partial charge in [-0.1, -0.05) is 0 Å². The van der Waals surface area contributed by atoms with Gasteiger partial charge < -0.3 is 20.1 Å². The zero-order chi connectivity index (χ0) is 17.7. The van der Waals surface area contributed by atoms with E-state index in [2.05, 4.69) is 4.99 Å². The molecule has 1 aliphatic rings. The molecule has 9 heteroatoms. The van der Waals surface area contributed by atoms with Crippen molar-refractivity contribution in [3.8, 4) is 0 Å². The summed E-state index contributed by atoms with van der Waals surface area (Å²) in [6.07, 6.45) is -2.11. The van der Waals surface area contributed by atoms with Gasteiger partial charge in [-0.05, 0) is 13.3 Å². The molecular weight excluding hydrogens is 322 g/mol. The normalized spacial score (nSPS) is 21.7. The summed E-state index contributed by atoms with van der Waals surface area (Å²) in [6, 6.07) is -0.616. The Hall–Kier alpha value is -1.71. The lowest BCUT2D eigenvalue weighted by atomic mass is 10.1. The number of aliphatic hydroxyl groups excluding tert-OH is 3. The second-order valence-electron chi connectivity index (χ2n) is 4.82. The molecule has 0 radical (unpaired) electrons. The maximum absolute atomic E-state index is 13.7. The summed E-state index contributed by atoms with van der Waals surface area (Å²) < 4.78 is 58.5. The molecule has 1 heterocycles. The molecule has 5 nitrogen and oxygen atoms in total. The van der Waals surface area contributed by atoms with Gasteiger partial charge in [0.2, 0.25) is 12.2 Å². The highest BCUT2D eigenvalue weighted by molar-refractivity contribution is 5.95. The van der Waals surface area contributed by atoms with Crippen molar-refractivity contribution in [3.05, 3.63) is 34.9 Å². The monoisotopic (exact) mass is 339 g/mol. The Labute approximate surface area is 129 Å². The first-order valence-corrected chi connectivity index (χ1v) is 6.68. The number of aliphatic imine (C=N–C) groups is 1. The van der Waals surface area contributed by atoms with E-state index in [-0.39, 0.29) is 18.9 Å². The molecule has 1 aromatic rings. The maximum atomic E-state index is 13.7. The van der Waals surface area contributed by atoms with E-state index in [0.29, 0.717) is 0 Å². The van der Waals surface area contributed by atoms with E-state index < -0.39 is 53.2 Å². The Bertz CT molecular complexity index is 554. The molecule has 2 rings (SSSR count). The van der Waals surface area contributed by atoms with Gasteiger partial charge in [0.15, 0.2) is 23.3 Å². The fourth-order valence-electron chi connectivity index (χ4n) is 2.09. The van der Waals surface area contributed by atoms with Crippen LogP contribution in [0.25, 0.3) is 0 Å². The van der Waals surface area contributed by atoms with E-state index in [9.17, 15) is 27.8 Å². The van der Waals surface area contributed by atoms with Crippen LogP contribution in [0.4, 0.5) is 17.6 Å². The molecule has 0 aromatic heterocycles.